The summed E-state index contributed by atoms with van der Waals surface area (Å²) in [7, 11) is 0. The molecule has 1 aliphatic rings. The van der Waals surface area contributed by atoms with E-state index >= 15 is 0 Å². The van der Waals surface area contributed by atoms with Gasteiger partial charge in [0.25, 0.3) is 0 Å². The number of amides is 2. The Balaban J connectivity index is 1.35. The highest BCUT2D eigenvalue weighted by atomic mass is 32.1. The molecule has 0 atom stereocenters. The average Bonchev–Trinajstić information content (AvgIpc) is 3.20. The van der Waals surface area contributed by atoms with E-state index < -0.39 is 0 Å². The highest BCUT2D eigenvalue weighted by Crippen LogP contribution is 2.33. The zero-order chi connectivity index (χ0) is 18.6. The van der Waals surface area contributed by atoms with E-state index in [4.69, 9.17) is 4.98 Å². The molecular weight excluding hydrogens is 363 g/mol. The van der Waals surface area contributed by atoms with Crippen LogP contribution in [0.5, 0.6) is 0 Å². The van der Waals surface area contributed by atoms with Crippen molar-refractivity contribution in [1.82, 2.24) is 14.9 Å². The quantitative estimate of drug-likeness (QED) is 0.711. The molecule has 0 spiro atoms. The fourth-order valence-electron chi connectivity index (χ4n) is 3.20. The molecule has 0 unspecified atom stereocenters. The Morgan fingerprint density at radius 1 is 1.19 bits per heavy atom. The summed E-state index contributed by atoms with van der Waals surface area (Å²) in [5, 5.41) is 5.98. The number of thiazole rings is 1. The third-order valence-corrected chi connectivity index (χ3v) is 5.71. The van der Waals surface area contributed by atoms with Crippen molar-refractivity contribution in [3.8, 4) is 11.3 Å². The van der Waals surface area contributed by atoms with E-state index in [0.717, 1.165) is 29.1 Å². The normalized spacial score (nSPS) is 14.9. The summed E-state index contributed by atoms with van der Waals surface area (Å²) < 4.78 is 13.1. The minimum atomic E-state index is -0.244. The third-order valence-electron chi connectivity index (χ3n) is 4.71. The zero-order valence-electron chi connectivity index (χ0n) is 14.6. The second-order valence-electron chi connectivity index (χ2n) is 6.51. The van der Waals surface area contributed by atoms with Crippen LogP contribution in [0.25, 0.3) is 11.3 Å². The first-order valence-electron chi connectivity index (χ1n) is 8.86. The molecule has 4 rings (SSSR count). The maximum atomic E-state index is 13.1. The van der Waals surface area contributed by atoms with E-state index in [-0.39, 0.29) is 11.8 Å². The van der Waals surface area contributed by atoms with E-state index in [1.54, 1.807) is 41.9 Å². The smallest absolute Gasteiger partial charge is 0.321 e. The number of piperidine rings is 1. The van der Waals surface area contributed by atoms with Crippen molar-refractivity contribution in [3.05, 3.63) is 65.0 Å². The molecule has 1 fully saturated rings. The number of carbonyl (C=O) groups is 1. The number of likely N-dealkylation sites (tertiary alicyclic amines) is 1. The third kappa shape index (κ3) is 4.14. The topological polar surface area (TPSA) is 58.1 Å². The molecule has 5 nitrogen and oxygen atoms in total. The van der Waals surface area contributed by atoms with Crippen molar-refractivity contribution in [3.63, 3.8) is 0 Å². The zero-order valence-corrected chi connectivity index (χ0v) is 15.5. The van der Waals surface area contributed by atoms with Gasteiger partial charge in [0.1, 0.15) is 5.82 Å². The molecule has 1 aliphatic heterocycles. The Kier molecular flexibility index (Phi) is 5.11. The molecular formula is C20H19FN4OS. The SMILES string of the molecule is O=C(Nc1cccnc1)N1CCC(c2nc(-c3ccc(F)cc3)cs2)CC1. The molecule has 7 heteroatoms. The number of hydrogen-bond acceptors (Lipinski definition) is 4. The second-order valence-corrected chi connectivity index (χ2v) is 7.40. The van der Waals surface area contributed by atoms with Crippen LogP contribution in [0.2, 0.25) is 0 Å². The van der Waals surface area contributed by atoms with Crippen molar-refractivity contribution < 1.29 is 9.18 Å². The van der Waals surface area contributed by atoms with Gasteiger partial charge in [-0.25, -0.2) is 14.2 Å². The summed E-state index contributed by atoms with van der Waals surface area (Å²) >= 11 is 1.64. The maximum Gasteiger partial charge on any atom is 0.321 e. The number of pyridine rings is 1. The molecule has 27 heavy (non-hydrogen) atoms. The Bertz CT molecular complexity index is 905. The number of anilines is 1. The molecule has 0 bridgehead atoms. The van der Waals surface area contributed by atoms with Crippen molar-refractivity contribution >= 4 is 23.1 Å². The number of hydrogen-bond donors (Lipinski definition) is 1. The van der Waals surface area contributed by atoms with Crippen LogP contribution in [-0.4, -0.2) is 34.0 Å². The van der Waals surface area contributed by atoms with E-state index in [0.29, 0.717) is 24.7 Å². The largest absolute Gasteiger partial charge is 0.324 e. The molecule has 0 aliphatic carbocycles. The Labute approximate surface area is 160 Å². The van der Waals surface area contributed by atoms with Gasteiger partial charge in [0.05, 0.1) is 22.6 Å². The van der Waals surface area contributed by atoms with Crippen molar-refractivity contribution in [2.75, 3.05) is 18.4 Å². The molecule has 1 N–H and O–H groups in total. The molecule has 3 heterocycles. The lowest BCUT2D eigenvalue weighted by atomic mass is 9.98. The predicted molar refractivity (Wildman–Crippen MR) is 104 cm³/mol. The van der Waals surface area contributed by atoms with Crippen LogP contribution in [-0.2, 0) is 0 Å². The van der Waals surface area contributed by atoms with E-state index in [1.807, 2.05) is 16.3 Å². The summed E-state index contributed by atoms with van der Waals surface area (Å²) in [6.45, 7) is 1.39. The lowest BCUT2D eigenvalue weighted by molar-refractivity contribution is 0.194. The van der Waals surface area contributed by atoms with Crippen LogP contribution in [0, 0.1) is 5.82 Å². The summed E-state index contributed by atoms with van der Waals surface area (Å²) in [5.41, 5.74) is 2.51. The van der Waals surface area contributed by atoms with Gasteiger partial charge >= 0.3 is 6.03 Å². The number of rotatable bonds is 3. The Hall–Kier alpha value is -2.80. The van der Waals surface area contributed by atoms with Gasteiger partial charge < -0.3 is 10.2 Å². The molecule has 0 radical (unpaired) electrons. The second kappa shape index (κ2) is 7.84. The first kappa shape index (κ1) is 17.6. The number of nitrogens with one attached hydrogen (secondary N) is 1. The number of benzene rings is 1. The molecule has 1 saturated heterocycles. The van der Waals surface area contributed by atoms with E-state index in [9.17, 15) is 9.18 Å². The number of carbonyl (C=O) groups excluding carboxylic acids is 1. The van der Waals surface area contributed by atoms with E-state index in [1.165, 1.54) is 12.1 Å². The van der Waals surface area contributed by atoms with Crippen molar-refractivity contribution in [2.45, 2.75) is 18.8 Å². The van der Waals surface area contributed by atoms with Gasteiger partial charge in [-0.15, -0.1) is 11.3 Å². The van der Waals surface area contributed by atoms with Crippen molar-refractivity contribution in [2.24, 2.45) is 0 Å². The molecule has 3 aromatic rings. The van der Waals surface area contributed by atoms with Gasteiger partial charge in [0.15, 0.2) is 0 Å². The monoisotopic (exact) mass is 382 g/mol. The fraction of sp³-hybridized carbons (Fsp3) is 0.250. The van der Waals surface area contributed by atoms with Gasteiger partial charge in [-0.3, -0.25) is 4.98 Å². The first-order valence-corrected chi connectivity index (χ1v) is 9.74. The lowest BCUT2D eigenvalue weighted by Crippen LogP contribution is -2.40. The van der Waals surface area contributed by atoms with Crippen LogP contribution in [0.4, 0.5) is 14.9 Å². The van der Waals surface area contributed by atoms with Crippen molar-refractivity contribution in [1.29, 1.82) is 0 Å². The van der Waals surface area contributed by atoms with E-state index in [2.05, 4.69) is 10.3 Å². The van der Waals surface area contributed by atoms with Crippen LogP contribution in [0.3, 0.4) is 0 Å². The molecule has 2 aromatic heterocycles. The highest BCUT2D eigenvalue weighted by molar-refractivity contribution is 7.10. The summed E-state index contributed by atoms with van der Waals surface area (Å²) in [6, 6.07) is 9.93. The van der Waals surface area contributed by atoms with Gasteiger partial charge in [-0.2, -0.15) is 0 Å². The minimum absolute atomic E-state index is 0.0902. The van der Waals surface area contributed by atoms with Crippen LogP contribution in [0.15, 0.2) is 54.2 Å². The average molecular weight is 382 g/mol. The summed E-state index contributed by atoms with van der Waals surface area (Å²) in [5.74, 6) is 0.109. The maximum absolute atomic E-state index is 13.1. The standard InChI is InChI=1S/C20H19FN4OS/c21-16-5-3-14(4-6-16)18-13-27-19(24-18)15-7-10-25(11-8-15)20(26)23-17-2-1-9-22-12-17/h1-6,9,12-13,15H,7-8,10-11H2,(H,23,26). The van der Waals surface area contributed by atoms with Crippen LogP contribution in [0.1, 0.15) is 23.8 Å². The Morgan fingerprint density at radius 2 is 1.96 bits per heavy atom. The highest BCUT2D eigenvalue weighted by Gasteiger charge is 2.26. The number of halogens is 1. The number of aromatic nitrogens is 2. The fourth-order valence-corrected chi connectivity index (χ4v) is 4.20. The van der Waals surface area contributed by atoms with Gasteiger partial charge in [0.2, 0.25) is 0 Å². The molecule has 2 amide bonds. The minimum Gasteiger partial charge on any atom is -0.324 e. The van der Waals surface area contributed by atoms with Gasteiger partial charge in [-0.1, -0.05) is 0 Å². The van der Waals surface area contributed by atoms with Crippen LogP contribution >= 0.6 is 11.3 Å². The van der Waals surface area contributed by atoms with Crippen LogP contribution < -0.4 is 5.32 Å². The summed E-state index contributed by atoms with van der Waals surface area (Å²) in [6.07, 6.45) is 5.08. The number of nitrogens with zero attached hydrogens (tertiary/aromatic N) is 3. The summed E-state index contributed by atoms with van der Waals surface area (Å²) in [4.78, 5) is 22.9. The molecule has 1 aromatic carbocycles. The Morgan fingerprint density at radius 3 is 2.67 bits per heavy atom. The predicted octanol–water partition coefficient (Wildman–Crippen LogP) is 4.76. The van der Waals surface area contributed by atoms with Gasteiger partial charge in [0, 0.05) is 36.1 Å². The van der Waals surface area contributed by atoms with Gasteiger partial charge in [-0.05, 0) is 49.2 Å². The number of urea groups is 1. The first-order chi connectivity index (χ1) is 13.2. The molecule has 138 valence electrons. The molecule has 0 saturated carbocycles. The lowest BCUT2D eigenvalue weighted by Gasteiger charge is -2.31.